The summed E-state index contributed by atoms with van der Waals surface area (Å²) >= 11 is 0. The Morgan fingerprint density at radius 3 is 1.19 bits per heavy atom. The number of rotatable bonds is 4. The molecule has 0 aliphatic rings. The molecule has 1 nitrogen and oxygen atoms in total. The van der Waals surface area contributed by atoms with Gasteiger partial charge in [0.2, 0.25) is 0 Å². The molecular formula is C24H19BO. The van der Waals surface area contributed by atoms with Crippen LogP contribution in [-0.2, 0) is 0 Å². The zero-order valence-corrected chi connectivity index (χ0v) is 14.4. The summed E-state index contributed by atoms with van der Waals surface area (Å²) in [5.74, 6) is 0. The smallest absolute Gasteiger partial charge is 0.360 e. The first-order valence-corrected chi connectivity index (χ1v) is 8.81. The third-order valence-electron chi connectivity index (χ3n) is 4.68. The predicted molar refractivity (Wildman–Crippen MR) is 111 cm³/mol. The standard InChI is InChI=1S/C24H19BO/c26-25(23-17-9-7-15-21(23)19-11-3-1-4-12-19)24-18-10-8-16-22(24)20-13-5-2-6-14-20/h1-18,26H. The van der Waals surface area contributed by atoms with Gasteiger partial charge in [-0.15, -0.1) is 0 Å². The third kappa shape index (κ3) is 3.20. The molecule has 0 aromatic heterocycles. The van der Waals surface area contributed by atoms with Crippen LogP contribution in [0.15, 0.2) is 109 Å². The average Bonchev–Trinajstić information content (AvgIpc) is 2.74. The van der Waals surface area contributed by atoms with Gasteiger partial charge in [0.25, 0.3) is 0 Å². The molecule has 4 rings (SSSR count). The van der Waals surface area contributed by atoms with Crippen LogP contribution in [0.5, 0.6) is 0 Å². The molecule has 2 heteroatoms. The molecule has 0 unspecified atom stereocenters. The molecular weight excluding hydrogens is 315 g/mol. The van der Waals surface area contributed by atoms with Gasteiger partial charge >= 0.3 is 6.92 Å². The van der Waals surface area contributed by atoms with Gasteiger partial charge in [-0.2, -0.15) is 0 Å². The zero-order valence-electron chi connectivity index (χ0n) is 14.4. The number of benzene rings is 4. The maximum Gasteiger partial charge on any atom is 0.360 e. The van der Waals surface area contributed by atoms with Crippen molar-refractivity contribution in [1.29, 1.82) is 0 Å². The van der Waals surface area contributed by atoms with Crippen molar-refractivity contribution in [2.75, 3.05) is 0 Å². The minimum atomic E-state index is -0.692. The molecule has 0 radical (unpaired) electrons. The van der Waals surface area contributed by atoms with Gasteiger partial charge in [0, 0.05) is 0 Å². The van der Waals surface area contributed by atoms with Gasteiger partial charge in [-0.05, 0) is 33.2 Å². The highest BCUT2D eigenvalue weighted by atomic mass is 16.2. The summed E-state index contributed by atoms with van der Waals surface area (Å²) in [5.41, 5.74) is 6.18. The Morgan fingerprint density at radius 2 is 0.769 bits per heavy atom. The van der Waals surface area contributed by atoms with E-state index in [1.165, 1.54) is 0 Å². The highest BCUT2D eigenvalue weighted by molar-refractivity contribution is 6.81. The van der Waals surface area contributed by atoms with Crippen LogP contribution in [0.1, 0.15) is 0 Å². The predicted octanol–water partition coefficient (Wildman–Crippen LogP) is 4.12. The summed E-state index contributed by atoms with van der Waals surface area (Å²) in [4.78, 5) is 0. The van der Waals surface area contributed by atoms with Gasteiger partial charge in [0.1, 0.15) is 0 Å². The van der Waals surface area contributed by atoms with E-state index in [4.69, 9.17) is 0 Å². The maximum absolute atomic E-state index is 11.3. The highest BCUT2D eigenvalue weighted by Crippen LogP contribution is 2.20. The Hall–Kier alpha value is -3.10. The van der Waals surface area contributed by atoms with Crippen LogP contribution in [0.4, 0.5) is 0 Å². The van der Waals surface area contributed by atoms with Crippen LogP contribution in [0.2, 0.25) is 0 Å². The van der Waals surface area contributed by atoms with E-state index in [-0.39, 0.29) is 0 Å². The molecule has 1 N–H and O–H groups in total. The van der Waals surface area contributed by atoms with Crippen LogP contribution in [0.3, 0.4) is 0 Å². The van der Waals surface area contributed by atoms with Crippen molar-refractivity contribution < 1.29 is 5.02 Å². The van der Waals surface area contributed by atoms with Crippen molar-refractivity contribution in [3.63, 3.8) is 0 Å². The normalized spacial score (nSPS) is 10.5. The fraction of sp³-hybridized carbons (Fsp3) is 0. The van der Waals surface area contributed by atoms with Crippen LogP contribution < -0.4 is 10.9 Å². The van der Waals surface area contributed by atoms with E-state index < -0.39 is 6.92 Å². The topological polar surface area (TPSA) is 20.2 Å². The second kappa shape index (κ2) is 7.43. The number of hydrogen-bond donors (Lipinski definition) is 1. The molecule has 124 valence electrons. The molecule has 0 saturated heterocycles. The summed E-state index contributed by atoms with van der Waals surface area (Å²) < 4.78 is 0. The molecule has 0 bridgehead atoms. The Labute approximate surface area is 154 Å². The Kier molecular flexibility index (Phi) is 4.68. The van der Waals surface area contributed by atoms with Gasteiger partial charge in [-0.3, -0.25) is 0 Å². The van der Waals surface area contributed by atoms with E-state index >= 15 is 0 Å². The maximum atomic E-state index is 11.3. The molecule has 0 atom stereocenters. The number of hydrogen-bond acceptors (Lipinski definition) is 1. The summed E-state index contributed by atoms with van der Waals surface area (Å²) in [7, 11) is 0. The van der Waals surface area contributed by atoms with Gasteiger partial charge in [-0.1, -0.05) is 109 Å². The summed E-state index contributed by atoms with van der Waals surface area (Å²) in [6.45, 7) is -0.692. The van der Waals surface area contributed by atoms with Crippen molar-refractivity contribution in [2.45, 2.75) is 0 Å². The first kappa shape index (κ1) is 16.4. The SMILES string of the molecule is OB(c1ccccc1-c1ccccc1)c1ccccc1-c1ccccc1. The summed E-state index contributed by atoms with van der Waals surface area (Å²) in [5, 5.41) is 11.3. The van der Waals surface area contributed by atoms with Crippen molar-refractivity contribution in [2.24, 2.45) is 0 Å². The largest absolute Gasteiger partial charge is 0.443 e. The monoisotopic (exact) mass is 334 g/mol. The van der Waals surface area contributed by atoms with Crippen LogP contribution in [-0.4, -0.2) is 11.9 Å². The molecule has 0 aliphatic heterocycles. The molecule has 0 saturated carbocycles. The van der Waals surface area contributed by atoms with E-state index in [1.54, 1.807) is 0 Å². The van der Waals surface area contributed by atoms with Crippen molar-refractivity contribution >= 4 is 17.8 Å². The van der Waals surface area contributed by atoms with Crippen LogP contribution in [0, 0.1) is 0 Å². The molecule has 0 aliphatic carbocycles. The van der Waals surface area contributed by atoms with E-state index in [9.17, 15) is 5.02 Å². The van der Waals surface area contributed by atoms with E-state index in [1.807, 2.05) is 72.8 Å². The van der Waals surface area contributed by atoms with Crippen molar-refractivity contribution in [1.82, 2.24) is 0 Å². The summed E-state index contributed by atoms with van der Waals surface area (Å²) in [6, 6.07) is 36.6. The second-order valence-corrected chi connectivity index (χ2v) is 6.31. The lowest BCUT2D eigenvalue weighted by Gasteiger charge is -2.16. The van der Waals surface area contributed by atoms with Gasteiger partial charge < -0.3 is 5.02 Å². The van der Waals surface area contributed by atoms with Crippen molar-refractivity contribution in [3.05, 3.63) is 109 Å². The lowest BCUT2D eigenvalue weighted by molar-refractivity contribution is 0.600. The lowest BCUT2D eigenvalue weighted by atomic mass is 9.52. The van der Waals surface area contributed by atoms with E-state index in [0.717, 1.165) is 33.2 Å². The van der Waals surface area contributed by atoms with Crippen LogP contribution in [0.25, 0.3) is 22.3 Å². The zero-order chi connectivity index (χ0) is 17.8. The van der Waals surface area contributed by atoms with Gasteiger partial charge in [0.15, 0.2) is 0 Å². The fourth-order valence-electron chi connectivity index (χ4n) is 3.40. The first-order chi connectivity index (χ1) is 12.8. The molecule has 26 heavy (non-hydrogen) atoms. The van der Waals surface area contributed by atoms with Gasteiger partial charge in [0.05, 0.1) is 0 Å². The molecule has 4 aromatic carbocycles. The molecule has 0 spiro atoms. The van der Waals surface area contributed by atoms with Gasteiger partial charge in [-0.25, -0.2) is 0 Å². The lowest BCUT2D eigenvalue weighted by Crippen LogP contribution is -2.44. The molecule has 4 aromatic rings. The second-order valence-electron chi connectivity index (χ2n) is 6.31. The fourth-order valence-corrected chi connectivity index (χ4v) is 3.40. The Morgan fingerprint density at radius 1 is 0.423 bits per heavy atom. The molecule has 0 heterocycles. The summed E-state index contributed by atoms with van der Waals surface area (Å²) in [6.07, 6.45) is 0. The highest BCUT2D eigenvalue weighted by Gasteiger charge is 2.23. The van der Waals surface area contributed by atoms with Crippen molar-refractivity contribution in [3.8, 4) is 22.3 Å². The van der Waals surface area contributed by atoms with E-state index in [2.05, 4.69) is 36.4 Å². The molecule has 0 fully saturated rings. The Balaban J connectivity index is 1.83. The quantitative estimate of drug-likeness (QED) is 0.557. The average molecular weight is 334 g/mol. The third-order valence-corrected chi connectivity index (χ3v) is 4.68. The first-order valence-electron chi connectivity index (χ1n) is 8.81. The van der Waals surface area contributed by atoms with E-state index in [0.29, 0.717) is 0 Å². The van der Waals surface area contributed by atoms with Crippen LogP contribution >= 0.6 is 0 Å². The molecule has 0 amide bonds. The minimum absolute atomic E-state index is 0.692. The minimum Gasteiger partial charge on any atom is -0.443 e. The Bertz CT molecular complexity index is 914.